The average molecular weight is 435 g/mol. The highest BCUT2D eigenvalue weighted by Gasteiger charge is 2.49. The molecule has 0 amide bonds. The molecule has 2 atom stereocenters. The van der Waals surface area contributed by atoms with Gasteiger partial charge in [-0.1, -0.05) is 43.2 Å². The summed E-state index contributed by atoms with van der Waals surface area (Å²) >= 11 is 0. The lowest BCUT2D eigenvalue weighted by Gasteiger charge is -2.33. The number of halogens is 2. The minimum Gasteiger partial charge on any atom is -1.00 e. The first-order chi connectivity index (χ1) is 10.9. The lowest BCUT2D eigenvalue weighted by molar-refractivity contribution is -0.879. The van der Waals surface area contributed by atoms with Gasteiger partial charge >= 0.3 is 5.97 Å². The van der Waals surface area contributed by atoms with Crippen LogP contribution in [0.15, 0.2) is 30.3 Å². The minimum atomic E-state index is -1.50. The maximum Gasteiger partial charge on any atom is 0.343 e. The second-order valence-corrected chi connectivity index (χ2v) is 7.77. The maximum absolute atomic E-state index is 12.9. The van der Waals surface area contributed by atoms with E-state index in [9.17, 15) is 9.90 Å². The van der Waals surface area contributed by atoms with E-state index in [2.05, 4.69) is 14.1 Å². The topological polar surface area (TPSA) is 46.5 Å². The zero-order chi connectivity index (χ0) is 16.5. The Hall–Kier alpha value is -0.620. The van der Waals surface area contributed by atoms with Crippen molar-refractivity contribution >= 4 is 18.4 Å². The zero-order valence-corrected chi connectivity index (χ0v) is 17.4. The lowest BCUT2D eigenvalue weighted by atomic mass is 9.80. The molecule has 6 heteroatoms. The van der Waals surface area contributed by atoms with E-state index in [1.54, 1.807) is 0 Å². The maximum atomic E-state index is 12.9. The molecule has 2 unspecified atom stereocenters. The molecule has 1 aliphatic carbocycles. The summed E-state index contributed by atoms with van der Waals surface area (Å²) in [5, 5.41) is 11.4. The highest BCUT2D eigenvalue weighted by Crippen LogP contribution is 2.42. The van der Waals surface area contributed by atoms with Gasteiger partial charge in [0.1, 0.15) is 6.54 Å². The summed E-state index contributed by atoms with van der Waals surface area (Å²) in [6.07, 6.45) is 4.68. The van der Waals surface area contributed by atoms with E-state index in [1.807, 2.05) is 30.3 Å². The molecule has 1 heterocycles. The molecule has 2 aliphatic rings. The first kappa shape index (κ1) is 22.4. The van der Waals surface area contributed by atoms with E-state index in [1.165, 1.54) is 0 Å². The van der Waals surface area contributed by atoms with Gasteiger partial charge in [-0.25, -0.2) is 4.79 Å². The van der Waals surface area contributed by atoms with Gasteiger partial charge in [0.05, 0.1) is 20.6 Å². The van der Waals surface area contributed by atoms with Gasteiger partial charge in [-0.2, -0.15) is 0 Å². The minimum absolute atomic E-state index is 0. The zero-order valence-electron chi connectivity index (χ0n) is 15.0. The second-order valence-electron chi connectivity index (χ2n) is 7.77. The summed E-state index contributed by atoms with van der Waals surface area (Å²) < 4.78 is 6.64. The Bertz CT molecular complexity index is 563. The van der Waals surface area contributed by atoms with Crippen molar-refractivity contribution in [1.82, 2.24) is 0 Å². The number of aliphatic hydroxyl groups is 1. The Balaban J connectivity index is 0.00000156. The molecule has 1 aromatic carbocycles. The summed E-state index contributed by atoms with van der Waals surface area (Å²) in [5.74, 6) is -0.496. The molecular weight excluding hydrogens is 406 g/mol. The van der Waals surface area contributed by atoms with Crippen LogP contribution in [0.1, 0.15) is 37.7 Å². The molecule has 3 rings (SSSR count). The Morgan fingerprint density at radius 1 is 1.16 bits per heavy atom. The Kier molecular flexibility index (Phi) is 7.94. The molecule has 0 spiro atoms. The van der Waals surface area contributed by atoms with E-state index >= 15 is 0 Å². The highest BCUT2D eigenvalue weighted by atomic mass is 79.9. The van der Waals surface area contributed by atoms with Gasteiger partial charge in [0.25, 0.3) is 0 Å². The van der Waals surface area contributed by atoms with Gasteiger partial charge < -0.3 is 31.3 Å². The molecule has 4 nitrogen and oxygen atoms in total. The van der Waals surface area contributed by atoms with Crippen molar-refractivity contribution in [2.75, 3.05) is 27.2 Å². The Morgan fingerprint density at radius 3 is 2.28 bits per heavy atom. The highest BCUT2D eigenvalue weighted by molar-refractivity contribution is 5.85. The van der Waals surface area contributed by atoms with Gasteiger partial charge in [-0.3, -0.25) is 0 Å². The van der Waals surface area contributed by atoms with Gasteiger partial charge in [0, 0.05) is 12.3 Å². The van der Waals surface area contributed by atoms with Crippen molar-refractivity contribution in [2.24, 2.45) is 5.92 Å². The number of nitrogens with zero attached hydrogens (tertiary/aromatic N) is 1. The normalized spacial score (nSPS) is 24.7. The molecule has 1 saturated heterocycles. The largest absolute Gasteiger partial charge is 1.00 e. The first-order valence-corrected chi connectivity index (χ1v) is 8.73. The predicted octanol–water partition coefficient (Wildman–Crippen LogP) is -0.118. The Labute approximate surface area is 167 Å². The number of hydrogen-bond acceptors (Lipinski definition) is 3. The molecule has 1 aromatic rings. The van der Waals surface area contributed by atoms with E-state index in [-0.39, 0.29) is 41.4 Å². The van der Waals surface area contributed by atoms with Crippen LogP contribution in [-0.4, -0.2) is 48.8 Å². The molecule has 25 heavy (non-hydrogen) atoms. The smallest absolute Gasteiger partial charge is 0.343 e. The molecule has 0 radical (unpaired) electrons. The number of rotatable bonds is 4. The SMILES string of the molecule is C[N+]1(C)CCC(OC(=O)C(O)(c2ccccc2)C2CCCC2)C1.Cl.[Br-]. The number of carbonyl (C=O) groups is 1. The van der Waals surface area contributed by atoms with Crippen LogP contribution in [0, 0.1) is 5.92 Å². The third-order valence-electron chi connectivity index (χ3n) is 5.50. The van der Waals surface area contributed by atoms with E-state index in [4.69, 9.17) is 4.74 Å². The first-order valence-electron chi connectivity index (χ1n) is 8.73. The van der Waals surface area contributed by atoms with Crippen molar-refractivity contribution < 1.29 is 36.1 Å². The average Bonchev–Trinajstić information content (AvgIpc) is 3.17. The second kappa shape index (κ2) is 8.85. The number of carbonyl (C=O) groups excluding carboxylic acids is 1. The molecule has 1 aliphatic heterocycles. The molecule has 142 valence electrons. The van der Waals surface area contributed by atoms with Crippen LogP contribution in [0.4, 0.5) is 0 Å². The fourth-order valence-electron chi connectivity index (χ4n) is 4.12. The summed E-state index contributed by atoms with van der Waals surface area (Å²) in [6, 6.07) is 9.33. The molecule has 0 aromatic heterocycles. The predicted molar refractivity (Wildman–Crippen MR) is 95.9 cm³/mol. The molecular formula is C19H29BrClNO3. The molecule has 1 saturated carbocycles. The van der Waals surface area contributed by atoms with Gasteiger partial charge in [0.2, 0.25) is 0 Å². The monoisotopic (exact) mass is 433 g/mol. The summed E-state index contributed by atoms with van der Waals surface area (Å²) in [7, 11) is 4.29. The summed E-state index contributed by atoms with van der Waals surface area (Å²) in [6.45, 7) is 1.83. The van der Waals surface area contributed by atoms with Crippen molar-refractivity contribution in [2.45, 2.75) is 43.8 Å². The number of hydrogen-bond donors (Lipinski definition) is 1. The molecule has 1 N–H and O–H groups in total. The molecule has 0 bridgehead atoms. The quantitative estimate of drug-likeness (QED) is 0.531. The van der Waals surface area contributed by atoms with E-state index in [0.29, 0.717) is 5.56 Å². The summed E-state index contributed by atoms with van der Waals surface area (Å²) in [5.41, 5.74) is -0.832. The number of esters is 1. The standard InChI is InChI=1S/C19H28NO3.BrH.ClH/c1-20(2)13-12-17(14-20)23-18(21)19(22,16-10-6-7-11-16)15-8-4-3-5-9-15;;/h3-5,8-9,16-17,22H,6-7,10-14H2,1-2H3;2*1H/q+1;;/p-1. The van der Waals surface area contributed by atoms with Crippen molar-refractivity contribution in [3.63, 3.8) is 0 Å². The van der Waals surface area contributed by atoms with Crippen molar-refractivity contribution in [1.29, 1.82) is 0 Å². The van der Waals surface area contributed by atoms with E-state index in [0.717, 1.165) is 49.7 Å². The van der Waals surface area contributed by atoms with Gasteiger partial charge in [0.15, 0.2) is 11.7 Å². The Morgan fingerprint density at radius 2 is 1.76 bits per heavy atom. The van der Waals surface area contributed by atoms with Crippen LogP contribution in [0.25, 0.3) is 0 Å². The number of likely N-dealkylation sites (tertiary alicyclic amines) is 1. The third kappa shape index (κ3) is 4.76. The lowest BCUT2D eigenvalue weighted by Crippen LogP contribution is -3.00. The van der Waals surface area contributed by atoms with Crippen LogP contribution in [-0.2, 0) is 15.1 Å². The van der Waals surface area contributed by atoms with Crippen LogP contribution < -0.4 is 17.0 Å². The number of quaternary nitrogens is 1. The van der Waals surface area contributed by atoms with Crippen molar-refractivity contribution in [3.8, 4) is 0 Å². The summed E-state index contributed by atoms with van der Waals surface area (Å²) in [4.78, 5) is 12.9. The van der Waals surface area contributed by atoms with Crippen LogP contribution in [0.2, 0.25) is 0 Å². The number of benzene rings is 1. The number of ether oxygens (including phenoxy) is 1. The van der Waals surface area contributed by atoms with Gasteiger partial charge in [-0.05, 0) is 18.4 Å². The van der Waals surface area contributed by atoms with E-state index < -0.39 is 11.6 Å². The van der Waals surface area contributed by atoms with Crippen LogP contribution in [0.3, 0.4) is 0 Å². The third-order valence-corrected chi connectivity index (χ3v) is 5.50. The number of likely N-dealkylation sites (N-methyl/N-ethyl adjacent to an activating group) is 1. The fraction of sp³-hybridized carbons (Fsp3) is 0.632. The van der Waals surface area contributed by atoms with Crippen LogP contribution >= 0.6 is 12.4 Å². The van der Waals surface area contributed by atoms with Crippen LogP contribution in [0.5, 0.6) is 0 Å². The van der Waals surface area contributed by atoms with Gasteiger partial charge in [-0.15, -0.1) is 12.4 Å². The van der Waals surface area contributed by atoms with Crippen molar-refractivity contribution in [3.05, 3.63) is 35.9 Å². The fourth-order valence-corrected chi connectivity index (χ4v) is 4.12. The molecule has 2 fully saturated rings.